The average Bonchev–Trinajstić information content (AvgIpc) is 3.90. The summed E-state index contributed by atoms with van der Waals surface area (Å²) in [5, 5.41) is 20.5. The fraction of sp³-hybridized carbons (Fsp3) is 0.650. The SMILES string of the molecule is CC[C@H](C)[C@@H]1NC(=O)[C@@H]2CCCN2C(=O)[C@H](Cc2cccc(I)c2)N(C)C(=O)[C@H](Cc2ccccc2)NC(=O)[C@H](C(C)C)N(C)C(=O)[C@@H]([C@@H](C)CC)OC(=O)[C@H](C(C)(C)O)N(C)C(=O)[C@H](CC(C)C)NC(=O)[C@H](C(C)C)N(C)C1=O. The lowest BCUT2D eigenvalue weighted by Gasteiger charge is -2.39. The van der Waals surface area contributed by atoms with Crippen molar-refractivity contribution in [2.75, 3.05) is 34.7 Å². The molecule has 4 N–H and O–H groups in total. The first-order valence-electron chi connectivity index (χ1n) is 28.4. The highest BCUT2D eigenvalue weighted by atomic mass is 127. The van der Waals surface area contributed by atoms with E-state index in [4.69, 9.17) is 4.74 Å². The maximum atomic E-state index is 15.4. The summed E-state index contributed by atoms with van der Waals surface area (Å²) in [5.41, 5.74) is -0.544. The maximum absolute atomic E-state index is 15.4. The van der Waals surface area contributed by atoms with E-state index in [1.165, 1.54) is 61.6 Å². The van der Waals surface area contributed by atoms with E-state index < -0.39 is 137 Å². The van der Waals surface area contributed by atoms with Crippen LogP contribution in [0.15, 0.2) is 54.6 Å². The second-order valence-electron chi connectivity index (χ2n) is 23.8. The van der Waals surface area contributed by atoms with Gasteiger partial charge in [-0.2, -0.15) is 0 Å². The molecule has 0 bridgehead atoms. The number of amides is 8. The van der Waals surface area contributed by atoms with Crippen molar-refractivity contribution in [3.8, 4) is 0 Å². The molecule has 19 nitrogen and oxygen atoms in total. The summed E-state index contributed by atoms with van der Waals surface area (Å²) in [6.45, 7) is 20.7. The number of esters is 1. The molecule has 2 heterocycles. The zero-order chi connectivity index (χ0) is 60.2. The van der Waals surface area contributed by atoms with Crippen molar-refractivity contribution in [3.63, 3.8) is 0 Å². The first kappa shape index (κ1) is 66.9. The van der Waals surface area contributed by atoms with Crippen molar-refractivity contribution in [3.05, 3.63) is 69.3 Å². The van der Waals surface area contributed by atoms with Gasteiger partial charge in [0.1, 0.15) is 42.3 Å². The van der Waals surface area contributed by atoms with E-state index in [-0.39, 0.29) is 38.1 Å². The zero-order valence-corrected chi connectivity index (χ0v) is 52.2. The number of nitrogens with one attached hydrogen (secondary N) is 3. The molecule has 80 heavy (non-hydrogen) atoms. The average molecular weight is 1230 g/mol. The summed E-state index contributed by atoms with van der Waals surface area (Å²) < 4.78 is 6.99. The second-order valence-corrected chi connectivity index (χ2v) is 25.1. The molecule has 4 rings (SSSR count). The summed E-state index contributed by atoms with van der Waals surface area (Å²) in [6.07, 6.45) is 0.0862. The number of carbonyl (C=O) groups excluding carboxylic acids is 9. The molecule has 2 fully saturated rings. The molecule has 2 saturated heterocycles. The molecular formula is C60H91IN8O11. The molecule has 0 aliphatic carbocycles. The molecule has 20 heteroatoms. The highest BCUT2D eigenvalue weighted by Gasteiger charge is 2.48. The van der Waals surface area contributed by atoms with Crippen molar-refractivity contribution in [2.24, 2.45) is 29.6 Å². The first-order valence-corrected chi connectivity index (χ1v) is 29.4. The third-order valence-electron chi connectivity index (χ3n) is 15.9. The Balaban J connectivity index is 1.99. The van der Waals surface area contributed by atoms with Crippen LogP contribution in [-0.2, 0) is 60.7 Å². The van der Waals surface area contributed by atoms with Crippen LogP contribution in [0, 0.1) is 33.2 Å². The Labute approximate surface area is 488 Å². The number of nitrogens with zero attached hydrogens (tertiary/aromatic N) is 5. The van der Waals surface area contributed by atoms with Gasteiger partial charge in [-0.3, -0.25) is 38.4 Å². The third-order valence-corrected chi connectivity index (χ3v) is 16.5. The van der Waals surface area contributed by atoms with Crippen molar-refractivity contribution in [2.45, 2.75) is 188 Å². The molecule has 2 aromatic rings. The smallest absolute Gasteiger partial charge is 0.332 e. The van der Waals surface area contributed by atoms with Crippen LogP contribution in [0.2, 0.25) is 0 Å². The van der Waals surface area contributed by atoms with Crippen LogP contribution in [0.25, 0.3) is 0 Å². The fourth-order valence-corrected chi connectivity index (χ4v) is 11.6. The van der Waals surface area contributed by atoms with Crippen LogP contribution in [0.1, 0.15) is 126 Å². The number of hydrogen-bond donors (Lipinski definition) is 4. The molecule has 0 saturated carbocycles. The molecule has 8 amide bonds. The molecular weight excluding hydrogens is 1140 g/mol. The standard InChI is InChI=1S/C60H91IN8O11/c1-17-37(9)46-57(76)66(14)47(35(5)6)52(71)62-42(30-34(3)4)55(74)68(16)50(60(11,12)79)59(78)80-49(38(10)18-2)58(77)67(15)48(36(7)8)53(72)63-43(32-39-24-20-19-21-25-39)54(73)65(13)45(33-40-26-22-27-41(61)31-40)56(75)69-29-23-28-44(69)51(70)64-46/h19-22,24-27,31,34-38,42-50,79H,17-18,23,28-30,32-33H2,1-16H3,(H,62,71)(H,63,72)(H,64,70)/t37-,38-,42-,43-,44-,45-,46-,47-,48-,49+,50+/m0/s1. The fourth-order valence-electron chi connectivity index (χ4n) is 11.0. The Morgan fingerprint density at radius 3 is 1.69 bits per heavy atom. The van der Waals surface area contributed by atoms with Gasteiger partial charge in [0.2, 0.25) is 41.4 Å². The predicted octanol–water partition coefficient (Wildman–Crippen LogP) is 4.98. The predicted molar refractivity (Wildman–Crippen MR) is 314 cm³/mol. The first-order chi connectivity index (χ1) is 37.4. The number of ether oxygens (including phenoxy) is 1. The van der Waals surface area contributed by atoms with Gasteiger partial charge in [-0.1, -0.05) is 118 Å². The Bertz CT molecular complexity index is 2500. The van der Waals surface area contributed by atoms with E-state index in [0.29, 0.717) is 24.8 Å². The molecule has 2 aromatic carbocycles. The normalized spacial score (nSPS) is 26.3. The van der Waals surface area contributed by atoms with Gasteiger partial charge in [0, 0.05) is 57.1 Å². The van der Waals surface area contributed by atoms with E-state index in [1.54, 1.807) is 53.7 Å². The Kier molecular flexibility index (Phi) is 24.5. The van der Waals surface area contributed by atoms with E-state index in [9.17, 15) is 38.7 Å². The van der Waals surface area contributed by atoms with Gasteiger partial charge in [-0.15, -0.1) is 0 Å². The zero-order valence-electron chi connectivity index (χ0n) is 50.1. The van der Waals surface area contributed by atoms with Crippen molar-refractivity contribution >= 4 is 75.8 Å². The monoisotopic (exact) mass is 1230 g/mol. The highest BCUT2D eigenvalue weighted by Crippen LogP contribution is 2.28. The molecule has 2 aliphatic heterocycles. The van der Waals surface area contributed by atoms with Gasteiger partial charge in [0.15, 0.2) is 12.1 Å². The molecule has 444 valence electrons. The largest absolute Gasteiger partial charge is 0.450 e. The number of hydrogen-bond acceptors (Lipinski definition) is 11. The number of fused-ring (bicyclic) bond motifs is 1. The van der Waals surface area contributed by atoms with Crippen molar-refractivity contribution in [1.82, 2.24) is 40.4 Å². The van der Waals surface area contributed by atoms with Gasteiger partial charge >= 0.3 is 5.97 Å². The Morgan fingerprint density at radius 1 is 0.625 bits per heavy atom. The maximum Gasteiger partial charge on any atom is 0.332 e. The Hall–Kier alpha value is -5.64. The topological polar surface area (TPSA) is 235 Å². The number of halogens is 1. The summed E-state index contributed by atoms with van der Waals surface area (Å²) in [4.78, 5) is 141. The number of aliphatic hydroxyl groups is 1. The van der Waals surface area contributed by atoms with Gasteiger partial charge < -0.3 is 50.3 Å². The van der Waals surface area contributed by atoms with Crippen LogP contribution in [-0.4, -0.2) is 178 Å². The molecule has 11 atom stereocenters. The summed E-state index contributed by atoms with van der Waals surface area (Å²) >= 11 is 2.17. The van der Waals surface area contributed by atoms with Crippen LogP contribution < -0.4 is 16.0 Å². The van der Waals surface area contributed by atoms with Gasteiger partial charge in [0.05, 0.1) is 5.60 Å². The molecule has 2 aliphatic rings. The van der Waals surface area contributed by atoms with Gasteiger partial charge in [-0.05, 0) is 109 Å². The minimum absolute atomic E-state index is 0.00885. The number of benzene rings is 2. The lowest BCUT2D eigenvalue weighted by Crippen LogP contribution is -2.63. The third kappa shape index (κ3) is 16.7. The molecule has 0 spiro atoms. The van der Waals surface area contributed by atoms with Crippen LogP contribution in [0.5, 0.6) is 0 Å². The highest BCUT2D eigenvalue weighted by molar-refractivity contribution is 14.1. The second kappa shape index (κ2) is 29.4. The lowest BCUT2D eigenvalue weighted by molar-refractivity contribution is -0.177. The summed E-state index contributed by atoms with van der Waals surface area (Å²) in [7, 11) is 5.68. The van der Waals surface area contributed by atoms with E-state index in [2.05, 4.69) is 38.5 Å². The minimum atomic E-state index is -1.97. The lowest BCUT2D eigenvalue weighted by atomic mass is 9.93. The number of likely N-dealkylation sites (N-methyl/N-ethyl adjacent to an activating group) is 4. The van der Waals surface area contributed by atoms with Crippen LogP contribution in [0.3, 0.4) is 0 Å². The number of cyclic esters (lactones) is 1. The van der Waals surface area contributed by atoms with Crippen LogP contribution >= 0.6 is 22.6 Å². The summed E-state index contributed by atoms with van der Waals surface area (Å²) in [5.74, 6) is -8.66. The minimum Gasteiger partial charge on any atom is -0.450 e. The van der Waals surface area contributed by atoms with Gasteiger partial charge in [0.25, 0.3) is 5.91 Å². The molecule has 0 aromatic heterocycles. The van der Waals surface area contributed by atoms with Gasteiger partial charge in [-0.25, -0.2) is 4.79 Å². The quantitative estimate of drug-likeness (QED) is 0.154. The van der Waals surface area contributed by atoms with E-state index in [1.807, 2.05) is 70.2 Å². The van der Waals surface area contributed by atoms with Crippen LogP contribution in [0.4, 0.5) is 0 Å². The molecule has 0 radical (unpaired) electrons. The number of rotatable bonds is 13. The van der Waals surface area contributed by atoms with E-state index >= 15 is 9.59 Å². The van der Waals surface area contributed by atoms with E-state index in [0.717, 1.165) is 14.0 Å². The Morgan fingerprint density at radius 2 is 1.16 bits per heavy atom. The van der Waals surface area contributed by atoms with Crippen molar-refractivity contribution in [1.29, 1.82) is 0 Å². The number of carbonyl (C=O) groups is 9. The summed E-state index contributed by atoms with van der Waals surface area (Å²) in [6, 6.07) is 6.46. The molecule has 0 unspecified atom stereocenters. The van der Waals surface area contributed by atoms with Crippen molar-refractivity contribution < 1.29 is 53.0 Å².